The van der Waals surface area contributed by atoms with Crippen LogP contribution in [-0.2, 0) is 42.8 Å². The minimum absolute atomic E-state index is 0.0326. The van der Waals surface area contributed by atoms with Crippen molar-refractivity contribution in [1.29, 1.82) is 0 Å². The van der Waals surface area contributed by atoms with E-state index in [2.05, 4.69) is 6.92 Å². The number of hydrogen-bond acceptors (Lipinski definition) is 12. The Hall–Kier alpha value is -2.23. The molecular weight excluding hydrogens is 734 g/mol. The minimum atomic E-state index is -2.03. The number of methoxy groups -OCH3 is 3. The highest BCUT2D eigenvalue weighted by molar-refractivity contribution is 5.93. The van der Waals surface area contributed by atoms with Crippen molar-refractivity contribution in [1.82, 2.24) is 4.90 Å². The lowest BCUT2D eigenvalue weighted by Crippen LogP contribution is -2.68. The van der Waals surface area contributed by atoms with Crippen molar-refractivity contribution in [3.63, 3.8) is 0 Å². The molecule has 0 unspecified atom stereocenters. The zero-order valence-corrected chi connectivity index (χ0v) is 35.8. The van der Waals surface area contributed by atoms with Crippen molar-refractivity contribution >= 4 is 17.7 Å². The van der Waals surface area contributed by atoms with Crippen molar-refractivity contribution < 1.29 is 58.1 Å². The van der Waals surface area contributed by atoms with E-state index in [0.29, 0.717) is 64.2 Å². The van der Waals surface area contributed by atoms with E-state index in [1.807, 2.05) is 39.8 Å². The van der Waals surface area contributed by atoms with E-state index in [1.165, 1.54) is 4.90 Å². The number of carbonyl (C=O) groups excluding carboxylic acids is 3. The molecule has 4 fully saturated rings. The third-order valence-corrected chi connectivity index (χ3v) is 13.7. The van der Waals surface area contributed by atoms with Crippen molar-refractivity contribution in [3.8, 4) is 0 Å². The molecule has 57 heavy (non-hydrogen) atoms. The molecule has 0 aromatic heterocycles. The second kappa shape index (κ2) is 19.4. The number of piperidine rings is 1. The van der Waals surface area contributed by atoms with Gasteiger partial charge in [0, 0.05) is 52.0 Å². The Bertz CT molecular complexity index is 1460. The van der Waals surface area contributed by atoms with Crippen molar-refractivity contribution in [3.05, 3.63) is 23.3 Å². The molecule has 3 N–H and O–H groups in total. The van der Waals surface area contributed by atoms with Crippen LogP contribution in [-0.4, -0.2) is 133 Å². The molecule has 1 aliphatic carbocycles. The van der Waals surface area contributed by atoms with Gasteiger partial charge in [-0.15, -0.1) is 0 Å². The number of rotatable bonds is 6. The standard InChI is InChI=1S/C44H71NO12/c1-10-31-18-25(2)17-26(3)19-37(53-8)40-38(54-9)21-28(5)44(51,57-40)43(24-55-43)42(50)45-16-12-11-13-32(45)41(49)56-39(29(6)34(47)23-35(31)48)27(4)20-30-14-15-33(46)36(22-30)52-7/h18,20,26,28-34,36-40,46-47,51H,10-17,19,21-24H2,1-9H3/b25-18+,27-20+/t26-,28+,29+,30-,31+,32-,33+,34-,36+,37-,38-,39+,40+,43-,44+/m0/s1. The predicted molar refractivity (Wildman–Crippen MR) is 212 cm³/mol. The van der Waals surface area contributed by atoms with E-state index in [4.69, 9.17) is 28.4 Å². The van der Waals surface area contributed by atoms with Crippen LogP contribution in [0.3, 0.4) is 0 Å². The fraction of sp³-hybridized carbons (Fsp3) is 0.841. The van der Waals surface area contributed by atoms with Crippen LogP contribution in [0, 0.1) is 29.6 Å². The first kappa shape index (κ1) is 45.8. The molecule has 1 spiro atoms. The molecule has 0 radical (unpaired) electrons. The topological polar surface area (TPSA) is 174 Å². The number of amides is 1. The molecule has 1 saturated carbocycles. The Morgan fingerprint density at radius 1 is 0.930 bits per heavy atom. The van der Waals surface area contributed by atoms with Crippen LogP contribution in [0.4, 0.5) is 0 Å². The maximum absolute atomic E-state index is 14.8. The zero-order chi connectivity index (χ0) is 41.8. The number of nitrogens with zero attached hydrogens (tertiary/aromatic N) is 1. The number of fused-ring (bicyclic) bond motifs is 4. The van der Waals surface area contributed by atoms with Gasteiger partial charge in [-0.1, -0.05) is 45.4 Å². The summed E-state index contributed by atoms with van der Waals surface area (Å²) in [5, 5.41) is 34.7. The molecule has 4 aliphatic heterocycles. The predicted octanol–water partition coefficient (Wildman–Crippen LogP) is 4.67. The molecule has 324 valence electrons. The van der Waals surface area contributed by atoms with Gasteiger partial charge in [0.15, 0.2) is 0 Å². The number of Topliss-reactive ketones (excluding diaryl/α,β-unsaturated/α-hetero) is 1. The number of hydrogen-bond donors (Lipinski definition) is 3. The fourth-order valence-electron chi connectivity index (χ4n) is 10.1. The second-order valence-electron chi connectivity index (χ2n) is 17.9. The highest BCUT2D eigenvalue weighted by Crippen LogP contribution is 2.51. The van der Waals surface area contributed by atoms with Gasteiger partial charge in [-0.2, -0.15) is 0 Å². The summed E-state index contributed by atoms with van der Waals surface area (Å²) in [6.45, 7) is 11.7. The number of epoxide rings is 1. The molecular formula is C44H71NO12. The molecule has 1 amide bonds. The van der Waals surface area contributed by atoms with Crippen LogP contribution in [0.15, 0.2) is 23.3 Å². The van der Waals surface area contributed by atoms with Gasteiger partial charge in [-0.3, -0.25) is 9.59 Å². The average Bonchev–Trinajstić information content (AvgIpc) is 4.01. The van der Waals surface area contributed by atoms with Crippen molar-refractivity contribution in [2.75, 3.05) is 34.5 Å². The summed E-state index contributed by atoms with van der Waals surface area (Å²) < 4.78 is 36.5. The molecule has 13 nitrogen and oxygen atoms in total. The summed E-state index contributed by atoms with van der Waals surface area (Å²) in [4.78, 5) is 44.6. The Morgan fingerprint density at radius 2 is 1.60 bits per heavy atom. The minimum Gasteiger partial charge on any atom is -0.456 e. The van der Waals surface area contributed by atoms with Gasteiger partial charge < -0.3 is 48.6 Å². The first-order chi connectivity index (χ1) is 27.0. The van der Waals surface area contributed by atoms with Crippen LogP contribution >= 0.6 is 0 Å². The third-order valence-electron chi connectivity index (χ3n) is 13.7. The quantitative estimate of drug-likeness (QED) is 0.193. The van der Waals surface area contributed by atoms with Gasteiger partial charge >= 0.3 is 5.97 Å². The largest absolute Gasteiger partial charge is 0.456 e. The lowest BCUT2D eigenvalue weighted by atomic mass is 9.78. The van der Waals surface area contributed by atoms with E-state index in [-0.39, 0.29) is 43.3 Å². The molecule has 3 saturated heterocycles. The van der Waals surface area contributed by atoms with Gasteiger partial charge in [0.2, 0.25) is 11.4 Å². The summed E-state index contributed by atoms with van der Waals surface area (Å²) >= 11 is 0. The second-order valence-corrected chi connectivity index (χ2v) is 17.9. The number of cyclic esters (lactones) is 1. The average molecular weight is 806 g/mol. The van der Waals surface area contributed by atoms with Gasteiger partial charge in [-0.25, -0.2) is 4.79 Å². The maximum Gasteiger partial charge on any atom is 0.329 e. The lowest BCUT2D eigenvalue weighted by molar-refractivity contribution is -0.340. The SMILES string of the molecule is CC[C@@H]1/C=C(\C)C[C@H](C)C[C@H](OC)[C@H]2O[C@](O)([C@H](C)C[C@@H]2OC)[C@]2(CO2)C(=O)N2CCCC[C@H]2C(=O)O[C@H](/C(C)=C/[C@@H]2CC[C@@H](O)[C@H](OC)C2)[C@H](C)[C@@H](O)CC1=O. The van der Waals surface area contributed by atoms with Gasteiger partial charge in [-0.05, 0) is 95.5 Å². The van der Waals surface area contributed by atoms with E-state index >= 15 is 0 Å². The number of esters is 1. The van der Waals surface area contributed by atoms with Crippen LogP contribution in [0.2, 0.25) is 0 Å². The summed E-state index contributed by atoms with van der Waals surface area (Å²) in [6.07, 6.45) is 5.07. The highest BCUT2D eigenvalue weighted by atomic mass is 16.7. The van der Waals surface area contributed by atoms with E-state index in [1.54, 1.807) is 28.3 Å². The summed E-state index contributed by atoms with van der Waals surface area (Å²) in [5.74, 6) is -4.79. The molecule has 15 atom stereocenters. The van der Waals surface area contributed by atoms with E-state index in [0.717, 1.165) is 11.1 Å². The molecule has 4 heterocycles. The van der Waals surface area contributed by atoms with Crippen LogP contribution in [0.5, 0.6) is 0 Å². The number of aliphatic hydroxyl groups excluding tert-OH is 2. The lowest BCUT2D eigenvalue weighted by Gasteiger charge is -2.50. The fourth-order valence-corrected chi connectivity index (χ4v) is 10.1. The zero-order valence-electron chi connectivity index (χ0n) is 35.8. The first-order valence-electron chi connectivity index (χ1n) is 21.4. The number of aliphatic hydroxyl groups is 3. The molecule has 0 aromatic carbocycles. The maximum atomic E-state index is 14.8. The first-order valence-corrected chi connectivity index (χ1v) is 21.4. The molecule has 13 heteroatoms. The van der Waals surface area contributed by atoms with Crippen molar-refractivity contribution in [2.24, 2.45) is 29.6 Å². The molecule has 5 aliphatic rings. The summed E-state index contributed by atoms with van der Waals surface area (Å²) in [6, 6.07) is -0.972. The molecule has 0 aromatic rings. The monoisotopic (exact) mass is 805 g/mol. The van der Waals surface area contributed by atoms with E-state index < -0.39 is 83.7 Å². The summed E-state index contributed by atoms with van der Waals surface area (Å²) in [5.41, 5.74) is 0.0162. The number of ether oxygens (including phenoxy) is 6. The Kier molecular flexibility index (Phi) is 15.6. The number of carbonyl (C=O) groups is 3. The van der Waals surface area contributed by atoms with Crippen molar-refractivity contribution in [2.45, 2.75) is 172 Å². The molecule has 5 rings (SSSR count). The normalized spacial score (nSPS) is 44.4. The van der Waals surface area contributed by atoms with Crippen LogP contribution in [0.1, 0.15) is 112 Å². The molecule has 2 bridgehead atoms. The third kappa shape index (κ3) is 9.88. The van der Waals surface area contributed by atoms with Crippen LogP contribution in [0.25, 0.3) is 0 Å². The van der Waals surface area contributed by atoms with Gasteiger partial charge in [0.25, 0.3) is 5.91 Å². The van der Waals surface area contributed by atoms with Gasteiger partial charge in [0.05, 0.1) is 37.1 Å². The highest BCUT2D eigenvalue weighted by Gasteiger charge is 2.73. The number of allylic oxidation sites excluding steroid dienone is 3. The Morgan fingerprint density at radius 3 is 2.23 bits per heavy atom. The van der Waals surface area contributed by atoms with Gasteiger partial charge in [0.1, 0.15) is 24.0 Å². The Labute approximate surface area is 339 Å². The smallest absolute Gasteiger partial charge is 0.329 e. The number of ketones is 1. The Balaban J connectivity index is 1.54. The summed E-state index contributed by atoms with van der Waals surface area (Å²) in [7, 11) is 4.79. The van der Waals surface area contributed by atoms with E-state index in [9.17, 15) is 29.7 Å². The van der Waals surface area contributed by atoms with Crippen LogP contribution < -0.4 is 0 Å².